The second kappa shape index (κ2) is 10.4. The molecular weight excluding hydrogens is 333 g/mol. The molecule has 2 N–H and O–H groups in total. The Morgan fingerprint density at radius 2 is 1.85 bits per heavy atom. The third-order valence-corrected chi connectivity index (χ3v) is 3.86. The van der Waals surface area contributed by atoms with Crippen LogP contribution in [0.3, 0.4) is 0 Å². The van der Waals surface area contributed by atoms with Crippen LogP contribution in [0.1, 0.15) is 24.2 Å². The highest BCUT2D eigenvalue weighted by Crippen LogP contribution is 2.10. The second-order valence-electron chi connectivity index (χ2n) is 6.09. The summed E-state index contributed by atoms with van der Waals surface area (Å²) in [6, 6.07) is 8.14. The van der Waals surface area contributed by atoms with E-state index in [1.54, 1.807) is 19.2 Å². The van der Waals surface area contributed by atoms with Crippen LogP contribution in [0.5, 0.6) is 5.75 Å². The monoisotopic (exact) mass is 361 g/mol. The lowest BCUT2D eigenvalue weighted by Gasteiger charge is -2.12. The standard InChI is InChI=1S/C19H28FN5O/c1-15-14-16(2)25(24-15)12-4-10-22-19(21-3)23-11-5-13-26-18-8-6-17(20)7-9-18/h6-9,14H,4-5,10-13H2,1-3H3,(H2,21,22,23). The highest BCUT2D eigenvalue weighted by Gasteiger charge is 2.01. The van der Waals surface area contributed by atoms with Crippen molar-refractivity contribution in [2.75, 3.05) is 26.7 Å². The van der Waals surface area contributed by atoms with Gasteiger partial charge < -0.3 is 15.4 Å². The first-order chi connectivity index (χ1) is 12.6. The molecule has 0 radical (unpaired) electrons. The topological polar surface area (TPSA) is 63.5 Å². The number of aromatic nitrogens is 2. The summed E-state index contributed by atoms with van der Waals surface area (Å²) in [5.74, 6) is 1.20. The first kappa shape index (κ1) is 19.8. The fraction of sp³-hybridized carbons (Fsp3) is 0.474. The van der Waals surface area contributed by atoms with Gasteiger partial charge >= 0.3 is 0 Å². The molecule has 2 rings (SSSR count). The van der Waals surface area contributed by atoms with Crippen LogP contribution >= 0.6 is 0 Å². The van der Waals surface area contributed by atoms with Crippen molar-refractivity contribution in [3.8, 4) is 5.75 Å². The van der Waals surface area contributed by atoms with Crippen LogP contribution in [0.2, 0.25) is 0 Å². The van der Waals surface area contributed by atoms with Gasteiger partial charge in [-0.25, -0.2) is 4.39 Å². The molecule has 1 aromatic heterocycles. The Labute approximate surface area is 154 Å². The zero-order valence-corrected chi connectivity index (χ0v) is 15.8. The quantitative estimate of drug-likeness (QED) is 0.409. The van der Waals surface area contributed by atoms with Crippen LogP contribution in [0.25, 0.3) is 0 Å². The van der Waals surface area contributed by atoms with E-state index in [1.807, 2.05) is 11.6 Å². The highest BCUT2D eigenvalue weighted by molar-refractivity contribution is 5.79. The van der Waals surface area contributed by atoms with Gasteiger partial charge in [-0.3, -0.25) is 9.67 Å². The number of hydrogen-bond acceptors (Lipinski definition) is 3. The van der Waals surface area contributed by atoms with Gasteiger partial charge in [0.15, 0.2) is 5.96 Å². The molecule has 0 aliphatic carbocycles. The summed E-state index contributed by atoms with van der Waals surface area (Å²) in [4.78, 5) is 4.21. The molecule has 2 aromatic rings. The first-order valence-electron chi connectivity index (χ1n) is 8.92. The van der Waals surface area contributed by atoms with Gasteiger partial charge in [0.05, 0.1) is 12.3 Å². The molecule has 6 nitrogen and oxygen atoms in total. The van der Waals surface area contributed by atoms with Gasteiger partial charge in [-0.05, 0) is 57.0 Å². The molecule has 0 spiro atoms. The lowest BCUT2D eigenvalue weighted by atomic mass is 10.3. The summed E-state index contributed by atoms with van der Waals surface area (Å²) in [6.45, 7) is 7.10. The lowest BCUT2D eigenvalue weighted by Crippen LogP contribution is -2.38. The summed E-state index contributed by atoms with van der Waals surface area (Å²) >= 11 is 0. The minimum Gasteiger partial charge on any atom is -0.494 e. The molecule has 142 valence electrons. The van der Waals surface area contributed by atoms with Crippen LogP contribution in [0.4, 0.5) is 4.39 Å². The third kappa shape index (κ3) is 6.74. The number of nitrogens with zero attached hydrogens (tertiary/aromatic N) is 3. The fourth-order valence-electron chi connectivity index (χ4n) is 2.56. The molecule has 0 bridgehead atoms. The Bertz CT molecular complexity index is 696. The van der Waals surface area contributed by atoms with Crippen LogP contribution in [-0.2, 0) is 6.54 Å². The van der Waals surface area contributed by atoms with E-state index in [0.717, 1.165) is 44.1 Å². The molecule has 0 atom stereocenters. The molecule has 0 aliphatic heterocycles. The molecule has 0 saturated carbocycles. The number of benzene rings is 1. The summed E-state index contributed by atoms with van der Waals surface area (Å²) in [7, 11) is 1.76. The van der Waals surface area contributed by atoms with Crippen LogP contribution < -0.4 is 15.4 Å². The number of nitrogens with one attached hydrogen (secondary N) is 2. The number of halogens is 1. The largest absolute Gasteiger partial charge is 0.494 e. The van der Waals surface area contributed by atoms with Crippen LogP contribution in [0, 0.1) is 19.7 Å². The van der Waals surface area contributed by atoms with Gasteiger partial charge in [0.2, 0.25) is 0 Å². The van der Waals surface area contributed by atoms with E-state index in [4.69, 9.17) is 4.74 Å². The van der Waals surface area contributed by atoms with Gasteiger partial charge in [-0.15, -0.1) is 0 Å². The summed E-state index contributed by atoms with van der Waals surface area (Å²) in [6.07, 6.45) is 1.79. The second-order valence-corrected chi connectivity index (χ2v) is 6.09. The van der Waals surface area contributed by atoms with Crippen molar-refractivity contribution in [1.29, 1.82) is 0 Å². The van der Waals surface area contributed by atoms with Crippen molar-refractivity contribution in [2.24, 2.45) is 4.99 Å². The van der Waals surface area contributed by atoms with E-state index in [2.05, 4.69) is 33.7 Å². The van der Waals surface area contributed by atoms with Crippen molar-refractivity contribution in [2.45, 2.75) is 33.2 Å². The number of aliphatic imine (C=N–C) groups is 1. The smallest absolute Gasteiger partial charge is 0.190 e. The van der Waals surface area contributed by atoms with Gasteiger partial charge in [0.1, 0.15) is 11.6 Å². The molecule has 0 unspecified atom stereocenters. The minimum atomic E-state index is -0.258. The van der Waals surface area contributed by atoms with Gasteiger partial charge in [0, 0.05) is 32.4 Å². The predicted octanol–water partition coefficient (Wildman–Crippen LogP) is 2.66. The van der Waals surface area contributed by atoms with Crippen LogP contribution in [-0.4, -0.2) is 42.5 Å². The highest BCUT2D eigenvalue weighted by atomic mass is 19.1. The zero-order chi connectivity index (χ0) is 18.8. The molecule has 1 heterocycles. The summed E-state index contributed by atoms with van der Waals surface area (Å²) in [5, 5.41) is 11.0. The average molecular weight is 361 g/mol. The Morgan fingerprint density at radius 3 is 2.46 bits per heavy atom. The van der Waals surface area contributed by atoms with Crippen molar-refractivity contribution in [1.82, 2.24) is 20.4 Å². The Morgan fingerprint density at radius 1 is 1.15 bits per heavy atom. The van der Waals surface area contributed by atoms with E-state index in [0.29, 0.717) is 12.4 Å². The average Bonchev–Trinajstić information content (AvgIpc) is 2.95. The van der Waals surface area contributed by atoms with E-state index in [9.17, 15) is 4.39 Å². The molecule has 26 heavy (non-hydrogen) atoms. The maximum atomic E-state index is 12.8. The zero-order valence-electron chi connectivity index (χ0n) is 15.8. The Kier molecular flexibility index (Phi) is 7.92. The Balaban J connectivity index is 1.56. The maximum absolute atomic E-state index is 12.8. The molecule has 0 aliphatic rings. The molecule has 0 fully saturated rings. The molecule has 0 saturated heterocycles. The van der Waals surface area contributed by atoms with Crippen LogP contribution in [0.15, 0.2) is 35.3 Å². The normalized spacial score (nSPS) is 11.5. The first-order valence-corrected chi connectivity index (χ1v) is 8.92. The number of aryl methyl sites for hydroxylation is 3. The molecule has 1 aromatic carbocycles. The molecule has 0 amide bonds. The van der Waals surface area contributed by atoms with E-state index < -0.39 is 0 Å². The Hall–Kier alpha value is -2.57. The van der Waals surface area contributed by atoms with E-state index in [1.165, 1.54) is 17.8 Å². The van der Waals surface area contributed by atoms with E-state index in [-0.39, 0.29) is 5.82 Å². The predicted molar refractivity (Wildman–Crippen MR) is 102 cm³/mol. The van der Waals surface area contributed by atoms with Crippen molar-refractivity contribution >= 4 is 5.96 Å². The summed E-state index contributed by atoms with van der Waals surface area (Å²) < 4.78 is 20.4. The number of rotatable bonds is 9. The lowest BCUT2D eigenvalue weighted by molar-refractivity contribution is 0.310. The van der Waals surface area contributed by atoms with Gasteiger partial charge in [-0.2, -0.15) is 5.10 Å². The SMILES string of the molecule is CN=C(NCCCOc1ccc(F)cc1)NCCCn1nc(C)cc1C. The van der Waals surface area contributed by atoms with Gasteiger partial charge in [-0.1, -0.05) is 0 Å². The number of guanidine groups is 1. The third-order valence-electron chi connectivity index (χ3n) is 3.86. The molecule has 7 heteroatoms. The maximum Gasteiger partial charge on any atom is 0.190 e. The van der Waals surface area contributed by atoms with Crippen molar-refractivity contribution in [3.05, 3.63) is 47.5 Å². The number of ether oxygens (including phenoxy) is 1. The van der Waals surface area contributed by atoms with Crippen molar-refractivity contribution < 1.29 is 9.13 Å². The number of hydrogen-bond donors (Lipinski definition) is 2. The van der Waals surface area contributed by atoms with Crippen molar-refractivity contribution in [3.63, 3.8) is 0 Å². The van der Waals surface area contributed by atoms with E-state index >= 15 is 0 Å². The fourth-order valence-corrected chi connectivity index (χ4v) is 2.56. The van der Waals surface area contributed by atoms with Gasteiger partial charge in [0.25, 0.3) is 0 Å². The molecular formula is C19H28FN5O. The minimum absolute atomic E-state index is 0.258. The summed E-state index contributed by atoms with van der Waals surface area (Å²) in [5.41, 5.74) is 2.24.